The zero-order valence-corrected chi connectivity index (χ0v) is 13.8. The van der Waals surface area contributed by atoms with Crippen molar-refractivity contribution in [2.24, 2.45) is 0 Å². The SMILES string of the molecule is COCCOc1cccc(C(=O)N2CC(C(=O)O)c3ccccc32)c1. The van der Waals surface area contributed by atoms with Crippen molar-refractivity contribution in [3.63, 3.8) is 0 Å². The van der Waals surface area contributed by atoms with Crippen LogP contribution in [0.1, 0.15) is 21.8 Å². The standard InChI is InChI=1S/C19H19NO5/c1-24-9-10-25-14-6-4-5-13(11-14)18(21)20-12-16(19(22)23)15-7-2-3-8-17(15)20/h2-8,11,16H,9-10,12H2,1H3,(H,22,23). The van der Waals surface area contributed by atoms with Crippen molar-refractivity contribution in [2.75, 3.05) is 31.8 Å². The first kappa shape index (κ1) is 17.0. The Balaban J connectivity index is 1.84. The van der Waals surface area contributed by atoms with Crippen molar-refractivity contribution in [2.45, 2.75) is 5.92 Å². The molecule has 0 fully saturated rings. The third-order valence-electron chi connectivity index (χ3n) is 4.15. The first-order chi connectivity index (χ1) is 12.1. The summed E-state index contributed by atoms with van der Waals surface area (Å²) in [5.41, 5.74) is 1.76. The lowest BCUT2D eigenvalue weighted by Crippen LogP contribution is -2.31. The normalized spacial score (nSPS) is 15.7. The zero-order valence-electron chi connectivity index (χ0n) is 13.8. The van der Waals surface area contributed by atoms with Crippen LogP contribution in [0.2, 0.25) is 0 Å². The summed E-state index contributed by atoms with van der Waals surface area (Å²) in [6.07, 6.45) is 0. The van der Waals surface area contributed by atoms with Gasteiger partial charge >= 0.3 is 5.97 Å². The van der Waals surface area contributed by atoms with Crippen molar-refractivity contribution >= 4 is 17.6 Å². The van der Waals surface area contributed by atoms with Crippen molar-refractivity contribution in [1.29, 1.82) is 0 Å². The maximum atomic E-state index is 12.9. The lowest BCUT2D eigenvalue weighted by atomic mass is 10.0. The van der Waals surface area contributed by atoms with E-state index in [1.165, 1.54) is 4.90 Å². The third kappa shape index (κ3) is 3.49. The fraction of sp³-hybridized carbons (Fsp3) is 0.263. The number of aliphatic carboxylic acids is 1. The summed E-state index contributed by atoms with van der Waals surface area (Å²) in [6.45, 7) is 0.974. The van der Waals surface area contributed by atoms with Crippen molar-refractivity contribution in [3.8, 4) is 5.75 Å². The molecule has 3 rings (SSSR count). The number of carboxylic acid groups (broad SMARTS) is 1. The van der Waals surface area contributed by atoms with Crippen LogP contribution >= 0.6 is 0 Å². The summed E-state index contributed by atoms with van der Waals surface area (Å²) in [7, 11) is 1.59. The van der Waals surface area contributed by atoms with Crippen LogP contribution in [-0.2, 0) is 9.53 Å². The quantitative estimate of drug-likeness (QED) is 0.817. The van der Waals surface area contributed by atoms with Crippen LogP contribution in [-0.4, -0.2) is 43.9 Å². The van der Waals surface area contributed by atoms with Crippen LogP contribution in [0.4, 0.5) is 5.69 Å². The van der Waals surface area contributed by atoms with Crippen molar-refractivity contribution in [3.05, 3.63) is 59.7 Å². The Bertz CT molecular complexity index is 789. The number of carboxylic acids is 1. The van der Waals surface area contributed by atoms with Gasteiger partial charge in [0.15, 0.2) is 0 Å². The molecule has 1 N–H and O–H groups in total. The molecule has 0 aliphatic carbocycles. The molecule has 130 valence electrons. The first-order valence-electron chi connectivity index (χ1n) is 7.97. The average Bonchev–Trinajstić information content (AvgIpc) is 3.01. The third-order valence-corrected chi connectivity index (χ3v) is 4.15. The maximum Gasteiger partial charge on any atom is 0.312 e. The Morgan fingerprint density at radius 1 is 1.16 bits per heavy atom. The summed E-state index contributed by atoms with van der Waals surface area (Å²) < 4.78 is 10.5. The number of hydrogen-bond acceptors (Lipinski definition) is 4. The molecule has 2 aromatic rings. The number of rotatable bonds is 6. The second kappa shape index (κ2) is 7.36. The number of benzene rings is 2. The highest BCUT2D eigenvalue weighted by molar-refractivity contribution is 6.08. The van der Waals surface area contributed by atoms with Crippen LogP contribution in [0, 0.1) is 0 Å². The highest BCUT2D eigenvalue weighted by Gasteiger charge is 2.36. The molecule has 1 unspecified atom stereocenters. The molecule has 0 radical (unpaired) electrons. The van der Waals surface area contributed by atoms with Gasteiger partial charge in [0.05, 0.1) is 6.61 Å². The number of methoxy groups -OCH3 is 1. The summed E-state index contributed by atoms with van der Waals surface area (Å²) in [6, 6.07) is 14.0. The van der Waals surface area contributed by atoms with Crippen LogP contribution in [0.5, 0.6) is 5.75 Å². The van der Waals surface area contributed by atoms with E-state index in [9.17, 15) is 14.7 Å². The average molecular weight is 341 g/mol. The molecular weight excluding hydrogens is 322 g/mol. The fourth-order valence-electron chi connectivity index (χ4n) is 2.93. The molecule has 6 heteroatoms. The molecular formula is C19H19NO5. The number of nitrogens with zero attached hydrogens (tertiary/aromatic N) is 1. The summed E-state index contributed by atoms with van der Waals surface area (Å²) >= 11 is 0. The van der Waals surface area contributed by atoms with E-state index >= 15 is 0 Å². The fourth-order valence-corrected chi connectivity index (χ4v) is 2.93. The van der Waals surface area contributed by atoms with Gasteiger partial charge in [0, 0.05) is 24.9 Å². The zero-order chi connectivity index (χ0) is 17.8. The number of para-hydroxylation sites is 1. The van der Waals surface area contributed by atoms with Gasteiger partial charge in [-0.15, -0.1) is 0 Å². The van der Waals surface area contributed by atoms with Gasteiger partial charge in [0.25, 0.3) is 5.91 Å². The van der Waals surface area contributed by atoms with Crippen LogP contribution in [0.15, 0.2) is 48.5 Å². The molecule has 1 heterocycles. The Labute approximate surface area is 145 Å². The molecule has 1 aliphatic heterocycles. The molecule has 0 saturated carbocycles. The molecule has 2 aromatic carbocycles. The highest BCUT2D eigenvalue weighted by Crippen LogP contribution is 2.37. The van der Waals surface area contributed by atoms with E-state index in [4.69, 9.17) is 9.47 Å². The van der Waals surface area contributed by atoms with Gasteiger partial charge in [-0.2, -0.15) is 0 Å². The van der Waals surface area contributed by atoms with E-state index in [0.29, 0.717) is 35.8 Å². The number of fused-ring (bicyclic) bond motifs is 1. The number of carbonyl (C=O) groups excluding carboxylic acids is 1. The monoisotopic (exact) mass is 341 g/mol. The van der Waals surface area contributed by atoms with Crippen LogP contribution < -0.4 is 9.64 Å². The molecule has 25 heavy (non-hydrogen) atoms. The lowest BCUT2D eigenvalue weighted by molar-refractivity contribution is -0.138. The predicted octanol–water partition coefficient (Wildman–Crippen LogP) is 2.54. The molecule has 1 atom stereocenters. The van der Waals surface area contributed by atoms with E-state index in [0.717, 1.165) is 0 Å². The maximum absolute atomic E-state index is 12.9. The Morgan fingerprint density at radius 3 is 2.72 bits per heavy atom. The minimum atomic E-state index is -0.931. The second-order valence-corrected chi connectivity index (χ2v) is 5.73. The largest absolute Gasteiger partial charge is 0.491 e. The number of hydrogen-bond donors (Lipinski definition) is 1. The molecule has 0 saturated heterocycles. The minimum Gasteiger partial charge on any atom is -0.491 e. The highest BCUT2D eigenvalue weighted by atomic mass is 16.5. The number of carbonyl (C=O) groups is 2. The van der Waals surface area contributed by atoms with E-state index in [2.05, 4.69) is 0 Å². The van der Waals surface area contributed by atoms with Gasteiger partial charge in [-0.25, -0.2) is 0 Å². The van der Waals surface area contributed by atoms with Gasteiger partial charge in [-0.1, -0.05) is 24.3 Å². The smallest absolute Gasteiger partial charge is 0.312 e. The first-order valence-corrected chi connectivity index (χ1v) is 7.97. The summed E-state index contributed by atoms with van der Waals surface area (Å²) in [5.74, 6) is -1.31. The number of ether oxygens (including phenoxy) is 2. The van der Waals surface area contributed by atoms with E-state index < -0.39 is 11.9 Å². The lowest BCUT2D eigenvalue weighted by Gasteiger charge is -2.18. The van der Waals surface area contributed by atoms with E-state index in [1.54, 1.807) is 55.6 Å². The molecule has 6 nitrogen and oxygen atoms in total. The number of anilines is 1. The summed E-state index contributed by atoms with van der Waals surface area (Å²) in [5, 5.41) is 9.42. The number of amides is 1. The predicted molar refractivity (Wildman–Crippen MR) is 92.3 cm³/mol. The van der Waals surface area contributed by atoms with Gasteiger partial charge in [-0.3, -0.25) is 9.59 Å². The Hall–Kier alpha value is -2.86. The second-order valence-electron chi connectivity index (χ2n) is 5.73. The minimum absolute atomic E-state index is 0.127. The van der Waals surface area contributed by atoms with Crippen molar-refractivity contribution in [1.82, 2.24) is 0 Å². The van der Waals surface area contributed by atoms with Crippen LogP contribution in [0.25, 0.3) is 0 Å². The van der Waals surface area contributed by atoms with Gasteiger partial charge < -0.3 is 19.5 Å². The Kier molecular flexibility index (Phi) is 5.00. The van der Waals surface area contributed by atoms with Gasteiger partial charge in [0.1, 0.15) is 18.3 Å². The van der Waals surface area contributed by atoms with Gasteiger partial charge in [0.2, 0.25) is 0 Å². The van der Waals surface area contributed by atoms with Crippen LogP contribution in [0.3, 0.4) is 0 Å². The molecule has 0 aromatic heterocycles. The Morgan fingerprint density at radius 2 is 1.96 bits per heavy atom. The molecule has 0 bridgehead atoms. The molecule has 1 amide bonds. The topological polar surface area (TPSA) is 76.1 Å². The van der Waals surface area contributed by atoms with Gasteiger partial charge in [-0.05, 0) is 29.8 Å². The van der Waals surface area contributed by atoms with E-state index in [-0.39, 0.29) is 12.5 Å². The molecule has 0 spiro atoms. The van der Waals surface area contributed by atoms with E-state index in [1.807, 2.05) is 0 Å². The molecule has 1 aliphatic rings. The summed E-state index contributed by atoms with van der Waals surface area (Å²) in [4.78, 5) is 25.9. The van der Waals surface area contributed by atoms with Crippen molar-refractivity contribution < 1.29 is 24.2 Å².